The number of nitrogens with one attached hydrogen (secondary N) is 1. The summed E-state index contributed by atoms with van der Waals surface area (Å²) < 4.78 is 56.9. The van der Waals surface area contributed by atoms with Crippen LogP contribution in [0.3, 0.4) is 0 Å². The molecular weight excluding hydrogens is 286 g/mol. The standard InChI is InChI=1S/C11H11F4NO4/c1-2-19-9(17)4-7-6(5-12)3-8(10(18)16-7)20-11(13,14)15/h3H,2,4-5H2,1H3,(H,16,18). The van der Waals surface area contributed by atoms with E-state index in [0.29, 0.717) is 6.07 Å². The molecule has 1 rings (SSSR count). The molecule has 0 saturated heterocycles. The molecule has 1 heterocycles. The zero-order chi connectivity index (χ0) is 15.3. The number of esters is 1. The van der Waals surface area contributed by atoms with E-state index in [-0.39, 0.29) is 17.9 Å². The number of carbonyl (C=O) groups is 1. The fraction of sp³-hybridized carbons (Fsp3) is 0.455. The predicted octanol–water partition coefficient (Wildman–Crippen LogP) is 1.85. The smallest absolute Gasteiger partial charge is 0.466 e. The van der Waals surface area contributed by atoms with E-state index < -0.39 is 36.7 Å². The first-order chi connectivity index (χ1) is 9.26. The van der Waals surface area contributed by atoms with Crippen molar-refractivity contribution in [3.8, 4) is 5.75 Å². The highest BCUT2D eigenvalue weighted by Crippen LogP contribution is 2.21. The van der Waals surface area contributed by atoms with E-state index in [2.05, 4.69) is 9.47 Å². The maximum absolute atomic E-state index is 12.8. The van der Waals surface area contributed by atoms with E-state index >= 15 is 0 Å². The minimum atomic E-state index is -5.07. The fourth-order valence-corrected chi connectivity index (χ4v) is 1.42. The molecule has 1 aromatic heterocycles. The van der Waals surface area contributed by atoms with E-state index in [1.54, 1.807) is 6.92 Å². The third-order valence-corrected chi connectivity index (χ3v) is 2.18. The molecule has 0 fully saturated rings. The number of hydrogen-bond acceptors (Lipinski definition) is 4. The molecule has 1 aromatic rings. The highest BCUT2D eigenvalue weighted by Gasteiger charge is 2.32. The lowest BCUT2D eigenvalue weighted by atomic mass is 10.1. The second kappa shape index (κ2) is 6.40. The zero-order valence-electron chi connectivity index (χ0n) is 10.3. The van der Waals surface area contributed by atoms with Gasteiger partial charge in [0.1, 0.15) is 6.67 Å². The summed E-state index contributed by atoms with van der Waals surface area (Å²) in [7, 11) is 0. The average Bonchev–Trinajstić information content (AvgIpc) is 2.31. The Labute approximate surface area is 110 Å². The third-order valence-electron chi connectivity index (χ3n) is 2.18. The van der Waals surface area contributed by atoms with Crippen molar-refractivity contribution >= 4 is 5.97 Å². The van der Waals surface area contributed by atoms with Crippen molar-refractivity contribution < 1.29 is 31.8 Å². The molecule has 0 radical (unpaired) electrons. The van der Waals surface area contributed by atoms with Gasteiger partial charge < -0.3 is 14.5 Å². The minimum absolute atomic E-state index is 0.0866. The SMILES string of the molecule is CCOC(=O)Cc1[nH]c(=O)c(OC(F)(F)F)cc1CF. The fourth-order valence-electron chi connectivity index (χ4n) is 1.42. The molecule has 0 bridgehead atoms. The van der Waals surface area contributed by atoms with Crippen LogP contribution < -0.4 is 10.3 Å². The molecule has 0 unspecified atom stereocenters. The Morgan fingerprint density at radius 2 is 2.05 bits per heavy atom. The van der Waals surface area contributed by atoms with Gasteiger partial charge in [0.05, 0.1) is 13.0 Å². The van der Waals surface area contributed by atoms with E-state index in [1.165, 1.54) is 0 Å². The highest BCUT2D eigenvalue weighted by atomic mass is 19.4. The Balaban J connectivity index is 3.07. The molecule has 0 aliphatic heterocycles. The van der Waals surface area contributed by atoms with Crippen molar-refractivity contribution in [2.45, 2.75) is 26.4 Å². The van der Waals surface area contributed by atoms with Gasteiger partial charge in [-0.1, -0.05) is 0 Å². The van der Waals surface area contributed by atoms with Crippen molar-refractivity contribution in [2.75, 3.05) is 6.61 Å². The summed E-state index contributed by atoms with van der Waals surface area (Å²) in [6, 6.07) is 0.612. The summed E-state index contributed by atoms with van der Waals surface area (Å²) in [5, 5.41) is 0. The summed E-state index contributed by atoms with van der Waals surface area (Å²) in [5.41, 5.74) is -1.64. The van der Waals surface area contributed by atoms with Crippen LogP contribution in [0.15, 0.2) is 10.9 Å². The Kier molecular flexibility index (Phi) is 5.12. The molecular formula is C11H11F4NO4. The third kappa shape index (κ3) is 4.56. The van der Waals surface area contributed by atoms with Gasteiger partial charge in [0.25, 0.3) is 5.56 Å². The normalized spacial score (nSPS) is 11.2. The zero-order valence-corrected chi connectivity index (χ0v) is 10.3. The molecule has 1 N–H and O–H groups in total. The molecule has 9 heteroatoms. The minimum Gasteiger partial charge on any atom is -0.466 e. The topological polar surface area (TPSA) is 68.4 Å². The molecule has 0 amide bonds. The Morgan fingerprint density at radius 1 is 1.40 bits per heavy atom. The van der Waals surface area contributed by atoms with Gasteiger partial charge in [-0.05, 0) is 13.0 Å². The van der Waals surface area contributed by atoms with Crippen LogP contribution in [-0.4, -0.2) is 23.9 Å². The maximum atomic E-state index is 12.8. The quantitative estimate of drug-likeness (QED) is 0.665. The number of rotatable bonds is 5. The average molecular weight is 297 g/mol. The highest BCUT2D eigenvalue weighted by molar-refractivity contribution is 5.72. The first kappa shape index (κ1) is 16.0. The van der Waals surface area contributed by atoms with Gasteiger partial charge in [-0.15, -0.1) is 13.2 Å². The van der Waals surface area contributed by atoms with E-state index in [4.69, 9.17) is 0 Å². The van der Waals surface area contributed by atoms with Crippen LogP contribution in [0.5, 0.6) is 5.75 Å². The van der Waals surface area contributed by atoms with Crippen molar-refractivity contribution in [3.05, 3.63) is 27.7 Å². The van der Waals surface area contributed by atoms with E-state index in [9.17, 15) is 27.2 Å². The van der Waals surface area contributed by atoms with Gasteiger partial charge in [-0.2, -0.15) is 0 Å². The lowest BCUT2D eigenvalue weighted by Crippen LogP contribution is -2.24. The van der Waals surface area contributed by atoms with Crippen LogP contribution in [0, 0.1) is 0 Å². The van der Waals surface area contributed by atoms with Crippen molar-refractivity contribution in [1.29, 1.82) is 0 Å². The molecule has 0 aliphatic rings. The van der Waals surface area contributed by atoms with Crippen molar-refractivity contribution in [3.63, 3.8) is 0 Å². The first-order valence-corrected chi connectivity index (χ1v) is 5.49. The van der Waals surface area contributed by atoms with Gasteiger partial charge in [-0.3, -0.25) is 9.59 Å². The Bertz CT molecular complexity index is 538. The molecule has 0 aromatic carbocycles. The molecule has 112 valence electrons. The van der Waals surface area contributed by atoms with Crippen LogP contribution in [0.25, 0.3) is 0 Å². The largest absolute Gasteiger partial charge is 0.573 e. The maximum Gasteiger partial charge on any atom is 0.573 e. The van der Waals surface area contributed by atoms with Crippen LogP contribution >= 0.6 is 0 Å². The predicted molar refractivity (Wildman–Crippen MR) is 58.9 cm³/mol. The summed E-state index contributed by atoms with van der Waals surface area (Å²) in [4.78, 5) is 24.6. The molecule has 0 aliphatic carbocycles. The number of ether oxygens (including phenoxy) is 2. The molecule has 20 heavy (non-hydrogen) atoms. The van der Waals surface area contributed by atoms with Crippen molar-refractivity contribution in [1.82, 2.24) is 4.98 Å². The number of H-pyrrole nitrogens is 1. The van der Waals surface area contributed by atoms with Crippen molar-refractivity contribution in [2.24, 2.45) is 0 Å². The Morgan fingerprint density at radius 3 is 2.55 bits per heavy atom. The second-order valence-electron chi connectivity index (χ2n) is 3.63. The Hall–Kier alpha value is -2.06. The number of aromatic nitrogens is 1. The molecule has 0 spiro atoms. The number of alkyl halides is 4. The lowest BCUT2D eigenvalue weighted by molar-refractivity contribution is -0.275. The molecule has 0 atom stereocenters. The second-order valence-corrected chi connectivity index (χ2v) is 3.63. The van der Waals surface area contributed by atoms with Gasteiger partial charge in [0.2, 0.25) is 0 Å². The van der Waals surface area contributed by atoms with Crippen LogP contribution in [0.4, 0.5) is 17.6 Å². The number of hydrogen-bond donors (Lipinski definition) is 1. The number of halogens is 4. The van der Waals surface area contributed by atoms with Gasteiger partial charge >= 0.3 is 12.3 Å². The lowest BCUT2D eigenvalue weighted by Gasteiger charge is -2.11. The monoisotopic (exact) mass is 297 g/mol. The van der Waals surface area contributed by atoms with Gasteiger partial charge in [0, 0.05) is 11.3 Å². The van der Waals surface area contributed by atoms with Crippen LogP contribution in [0.2, 0.25) is 0 Å². The summed E-state index contributed by atoms with van der Waals surface area (Å²) in [6.45, 7) is 0.472. The molecule has 0 saturated carbocycles. The number of aromatic amines is 1. The van der Waals surface area contributed by atoms with E-state index in [0.717, 1.165) is 0 Å². The number of pyridine rings is 1. The van der Waals surface area contributed by atoms with E-state index in [1.807, 2.05) is 4.98 Å². The van der Waals surface area contributed by atoms with Crippen LogP contribution in [0.1, 0.15) is 18.2 Å². The molecule has 5 nitrogen and oxygen atoms in total. The summed E-state index contributed by atoms with van der Waals surface area (Å²) in [5.74, 6) is -1.82. The van der Waals surface area contributed by atoms with Crippen LogP contribution in [-0.2, 0) is 22.6 Å². The number of carbonyl (C=O) groups excluding carboxylic acids is 1. The van der Waals surface area contributed by atoms with Gasteiger partial charge in [0.15, 0.2) is 5.75 Å². The van der Waals surface area contributed by atoms with Gasteiger partial charge in [-0.25, -0.2) is 4.39 Å². The summed E-state index contributed by atoms with van der Waals surface area (Å²) >= 11 is 0. The first-order valence-electron chi connectivity index (χ1n) is 5.49. The summed E-state index contributed by atoms with van der Waals surface area (Å²) in [6.07, 6.45) is -5.52.